The number of benzene rings is 2. The zero-order chi connectivity index (χ0) is 20.5. The summed E-state index contributed by atoms with van der Waals surface area (Å²) in [5, 5.41) is 0. The molecule has 1 amide bonds. The van der Waals surface area contributed by atoms with Crippen LogP contribution in [0.1, 0.15) is 5.56 Å². The topological polar surface area (TPSA) is 86.8 Å². The van der Waals surface area contributed by atoms with Gasteiger partial charge in [-0.15, -0.1) is 0 Å². The Morgan fingerprint density at radius 1 is 1.07 bits per heavy atom. The maximum absolute atomic E-state index is 13.3. The Kier molecular flexibility index (Phi) is 4.44. The molecule has 0 atom stereocenters. The van der Waals surface area contributed by atoms with Crippen molar-refractivity contribution in [1.29, 1.82) is 0 Å². The predicted octanol–water partition coefficient (Wildman–Crippen LogP) is 2.95. The van der Waals surface area contributed by atoms with E-state index in [0.717, 1.165) is 5.56 Å². The number of aromatic nitrogens is 2. The standard InChI is InChI=1S/C22H17N3O5/c26-21(13-25-17-5-1-2-6-18(17)30-22(25)27)24(12-15-4-3-9-23-11-15)16-7-8-19-20(10-16)29-14-28-19/h1-11H,12-14H2. The molecule has 30 heavy (non-hydrogen) atoms. The van der Waals surface area contributed by atoms with Gasteiger partial charge >= 0.3 is 5.76 Å². The third-order valence-electron chi connectivity index (χ3n) is 4.90. The molecule has 0 saturated carbocycles. The summed E-state index contributed by atoms with van der Waals surface area (Å²) >= 11 is 0. The van der Waals surface area contributed by atoms with Crippen LogP contribution >= 0.6 is 0 Å². The molecule has 0 saturated heterocycles. The number of rotatable bonds is 5. The van der Waals surface area contributed by atoms with E-state index in [1.54, 1.807) is 59.8 Å². The third kappa shape index (κ3) is 3.28. The van der Waals surface area contributed by atoms with Gasteiger partial charge in [0.25, 0.3) is 0 Å². The van der Waals surface area contributed by atoms with E-state index in [0.29, 0.717) is 28.3 Å². The molecule has 0 spiro atoms. The number of carbonyl (C=O) groups excluding carboxylic acids is 1. The van der Waals surface area contributed by atoms with Crippen molar-refractivity contribution in [1.82, 2.24) is 9.55 Å². The minimum Gasteiger partial charge on any atom is -0.454 e. The van der Waals surface area contributed by atoms with Crippen molar-refractivity contribution in [2.24, 2.45) is 0 Å². The van der Waals surface area contributed by atoms with Gasteiger partial charge in [0.2, 0.25) is 12.7 Å². The summed E-state index contributed by atoms with van der Waals surface area (Å²) in [6.45, 7) is 0.271. The first-order valence-corrected chi connectivity index (χ1v) is 9.36. The number of anilines is 1. The Morgan fingerprint density at radius 2 is 1.93 bits per heavy atom. The molecule has 3 heterocycles. The summed E-state index contributed by atoms with van der Waals surface area (Å²) in [5.41, 5.74) is 2.50. The lowest BCUT2D eigenvalue weighted by molar-refractivity contribution is -0.119. The SMILES string of the molecule is O=C(Cn1c(=O)oc2ccccc21)N(Cc1cccnc1)c1ccc2c(c1)OCO2. The molecule has 0 fully saturated rings. The molecule has 2 aromatic carbocycles. The smallest absolute Gasteiger partial charge is 0.420 e. The van der Waals surface area contributed by atoms with E-state index in [1.165, 1.54) is 4.57 Å². The molecule has 1 aliphatic heterocycles. The number of carbonyl (C=O) groups is 1. The van der Waals surface area contributed by atoms with Crippen LogP contribution in [0.3, 0.4) is 0 Å². The maximum atomic E-state index is 13.3. The number of oxazole rings is 1. The van der Waals surface area contributed by atoms with Gasteiger partial charge in [-0.05, 0) is 35.9 Å². The Balaban J connectivity index is 1.51. The summed E-state index contributed by atoms with van der Waals surface area (Å²) in [7, 11) is 0. The summed E-state index contributed by atoms with van der Waals surface area (Å²) in [6, 6.07) is 16.0. The van der Waals surface area contributed by atoms with Crippen LogP contribution in [0.5, 0.6) is 11.5 Å². The summed E-state index contributed by atoms with van der Waals surface area (Å²) in [4.78, 5) is 31.4. The number of pyridine rings is 1. The van der Waals surface area contributed by atoms with E-state index in [9.17, 15) is 9.59 Å². The van der Waals surface area contributed by atoms with Crippen molar-refractivity contribution in [2.45, 2.75) is 13.1 Å². The second-order valence-corrected chi connectivity index (χ2v) is 6.80. The van der Waals surface area contributed by atoms with Crippen LogP contribution in [0, 0.1) is 0 Å². The Labute approximate surface area is 170 Å². The first-order chi connectivity index (χ1) is 14.7. The Hall–Kier alpha value is -4.07. The molecular formula is C22H17N3O5. The first kappa shape index (κ1) is 18.0. The fourth-order valence-electron chi connectivity index (χ4n) is 3.44. The largest absolute Gasteiger partial charge is 0.454 e. The van der Waals surface area contributed by atoms with Gasteiger partial charge in [0.05, 0.1) is 12.1 Å². The monoisotopic (exact) mass is 403 g/mol. The van der Waals surface area contributed by atoms with Gasteiger partial charge in [-0.1, -0.05) is 18.2 Å². The average molecular weight is 403 g/mol. The molecule has 5 rings (SSSR count). The Morgan fingerprint density at radius 3 is 2.80 bits per heavy atom. The van der Waals surface area contributed by atoms with Crippen molar-refractivity contribution in [3.8, 4) is 11.5 Å². The van der Waals surface area contributed by atoms with Gasteiger partial charge in [-0.25, -0.2) is 4.79 Å². The fourth-order valence-corrected chi connectivity index (χ4v) is 3.44. The normalized spacial score (nSPS) is 12.3. The van der Waals surface area contributed by atoms with Gasteiger partial charge in [-0.3, -0.25) is 14.3 Å². The maximum Gasteiger partial charge on any atom is 0.420 e. The zero-order valence-corrected chi connectivity index (χ0v) is 15.9. The number of nitrogens with zero attached hydrogens (tertiary/aromatic N) is 3. The second kappa shape index (κ2) is 7.40. The van der Waals surface area contributed by atoms with Gasteiger partial charge < -0.3 is 18.8 Å². The van der Waals surface area contributed by atoms with Gasteiger partial charge in [0, 0.05) is 24.1 Å². The zero-order valence-electron chi connectivity index (χ0n) is 15.9. The molecule has 8 heteroatoms. The van der Waals surface area contributed by atoms with Crippen molar-refractivity contribution >= 4 is 22.7 Å². The van der Waals surface area contributed by atoms with E-state index in [2.05, 4.69) is 4.98 Å². The molecule has 2 aromatic heterocycles. The van der Waals surface area contributed by atoms with E-state index >= 15 is 0 Å². The number of fused-ring (bicyclic) bond motifs is 2. The van der Waals surface area contributed by atoms with Crippen LogP contribution in [0.2, 0.25) is 0 Å². The quantitative estimate of drug-likeness (QED) is 0.509. The number of hydrogen-bond donors (Lipinski definition) is 0. The second-order valence-electron chi connectivity index (χ2n) is 6.80. The van der Waals surface area contributed by atoms with E-state index < -0.39 is 5.76 Å². The highest BCUT2D eigenvalue weighted by Gasteiger charge is 2.22. The predicted molar refractivity (Wildman–Crippen MR) is 108 cm³/mol. The lowest BCUT2D eigenvalue weighted by atomic mass is 10.2. The van der Waals surface area contributed by atoms with Crippen LogP contribution in [-0.2, 0) is 17.9 Å². The Bertz CT molecular complexity index is 1280. The lowest BCUT2D eigenvalue weighted by Gasteiger charge is -2.23. The molecule has 0 unspecified atom stereocenters. The van der Waals surface area contributed by atoms with Crippen LogP contribution in [0.15, 0.2) is 76.2 Å². The van der Waals surface area contributed by atoms with Crippen molar-refractivity contribution < 1.29 is 18.7 Å². The number of hydrogen-bond acceptors (Lipinski definition) is 6. The average Bonchev–Trinajstić information content (AvgIpc) is 3.36. The molecule has 4 aromatic rings. The molecule has 0 N–H and O–H groups in total. The summed E-state index contributed by atoms with van der Waals surface area (Å²) < 4.78 is 17.4. The highest BCUT2D eigenvalue weighted by molar-refractivity contribution is 5.94. The van der Waals surface area contributed by atoms with Crippen LogP contribution in [0.4, 0.5) is 5.69 Å². The highest BCUT2D eigenvalue weighted by Crippen LogP contribution is 2.36. The molecule has 150 valence electrons. The third-order valence-corrected chi connectivity index (χ3v) is 4.90. The molecular weight excluding hydrogens is 386 g/mol. The minimum absolute atomic E-state index is 0.145. The molecule has 0 aliphatic carbocycles. The summed E-state index contributed by atoms with van der Waals surface area (Å²) in [5.74, 6) is 0.356. The van der Waals surface area contributed by atoms with Gasteiger partial charge in [-0.2, -0.15) is 0 Å². The van der Waals surface area contributed by atoms with Crippen molar-refractivity contribution in [3.63, 3.8) is 0 Å². The molecule has 1 aliphatic rings. The van der Waals surface area contributed by atoms with E-state index in [1.807, 2.05) is 12.1 Å². The molecule has 8 nitrogen and oxygen atoms in total. The fraction of sp³-hybridized carbons (Fsp3) is 0.136. The van der Waals surface area contributed by atoms with E-state index in [-0.39, 0.29) is 25.8 Å². The summed E-state index contributed by atoms with van der Waals surface area (Å²) in [6.07, 6.45) is 3.38. The van der Waals surface area contributed by atoms with E-state index in [4.69, 9.17) is 13.9 Å². The first-order valence-electron chi connectivity index (χ1n) is 9.36. The molecule has 0 bridgehead atoms. The minimum atomic E-state index is -0.573. The van der Waals surface area contributed by atoms with Crippen LogP contribution in [0.25, 0.3) is 11.1 Å². The number of amides is 1. The number of para-hydroxylation sites is 2. The van der Waals surface area contributed by atoms with Crippen molar-refractivity contribution in [3.05, 3.63) is 83.1 Å². The molecule has 0 radical (unpaired) electrons. The van der Waals surface area contributed by atoms with Crippen LogP contribution < -0.4 is 20.1 Å². The van der Waals surface area contributed by atoms with Crippen LogP contribution in [-0.4, -0.2) is 22.3 Å². The number of ether oxygens (including phenoxy) is 2. The highest BCUT2D eigenvalue weighted by atomic mass is 16.7. The van der Waals surface area contributed by atoms with Gasteiger partial charge in [0.1, 0.15) is 6.54 Å². The lowest BCUT2D eigenvalue weighted by Crippen LogP contribution is -2.35. The van der Waals surface area contributed by atoms with Crippen molar-refractivity contribution in [2.75, 3.05) is 11.7 Å². The van der Waals surface area contributed by atoms with Gasteiger partial charge in [0.15, 0.2) is 17.1 Å².